The Labute approximate surface area is 224 Å². The predicted molar refractivity (Wildman–Crippen MR) is 141 cm³/mol. The van der Waals surface area contributed by atoms with Crippen LogP contribution in [0, 0.1) is 11.3 Å². The Bertz CT molecular complexity index is 1290. The number of halogens is 3. The number of hydrogen-bond acceptors (Lipinski definition) is 5. The summed E-state index contributed by atoms with van der Waals surface area (Å²) in [6, 6.07) is 17.1. The average Bonchev–Trinajstić information content (AvgIpc) is 3.22. The molecule has 0 N–H and O–H groups in total. The molecule has 0 spiro atoms. The molecule has 1 saturated heterocycles. The Kier molecular flexibility index (Phi) is 9.00. The molecular formula is C28H29F3N4O2S. The number of carbonyl (C=O) groups excluding carboxylic acids is 1. The molecule has 0 atom stereocenters. The summed E-state index contributed by atoms with van der Waals surface area (Å²) in [6.45, 7) is 1.51. The lowest BCUT2D eigenvalue weighted by atomic mass is 9.97. The van der Waals surface area contributed by atoms with Gasteiger partial charge >= 0.3 is 6.18 Å². The fraction of sp³-hybridized carbons (Fsp3) is 0.393. The first-order valence-corrected chi connectivity index (χ1v) is 13.7. The highest BCUT2D eigenvalue weighted by atomic mass is 32.2. The first-order chi connectivity index (χ1) is 18.3. The highest BCUT2D eigenvalue weighted by Gasteiger charge is 2.32. The molecule has 1 aliphatic heterocycles. The van der Waals surface area contributed by atoms with Crippen molar-refractivity contribution in [3.8, 4) is 23.1 Å². The number of carbonyl (C=O) groups is 1. The van der Waals surface area contributed by atoms with Gasteiger partial charge < -0.3 is 9.64 Å². The van der Waals surface area contributed by atoms with Gasteiger partial charge in [-0.15, -0.1) is 0 Å². The molecule has 38 heavy (non-hydrogen) atoms. The van der Waals surface area contributed by atoms with Crippen LogP contribution in [0.3, 0.4) is 0 Å². The topological polar surface area (TPSA) is 71.2 Å². The lowest BCUT2D eigenvalue weighted by molar-refractivity contribution is -0.143. The van der Waals surface area contributed by atoms with E-state index in [9.17, 15) is 23.2 Å². The number of hydrogen-bond donors (Lipinski definition) is 0. The quantitative estimate of drug-likeness (QED) is 0.358. The van der Waals surface area contributed by atoms with E-state index in [4.69, 9.17) is 4.74 Å². The molecule has 1 amide bonds. The van der Waals surface area contributed by atoms with Crippen molar-refractivity contribution in [3.05, 3.63) is 70.9 Å². The number of amides is 1. The Balaban J connectivity index is 1.62. The van der Waals surface area contributed by atoms with Crippen molar-refractivity contribution < 1.29 is 22.7 Å². The first-order valence-electron chi connectivity index (χ1n) is 12.5. The molecule has 0 bridgehead atoms. The Morgan fingerprint density at radius 2 is 1.84 bits per heavy atom. The van der Waals surface area contributed by atoms with Crippen LogP contribution >= 0.6 is 11.8 Å². The maximum atomic E-state index is 13.4. The molecule has 1 fully saturated rings. The van der Waals surface area contributed by atoms with Crippen molar-refractivity contribution >= 4 is 17.7 Å². The number of ether oxygens (including phenoxy) is 1. The minimum Gasteiger partial charge on any atom is -0.468 e. The second-order valence-electron chi connectivity index (χ2n) is 9.07. The molecule has 10 heteroatoms. The summed E-state index contributed by atoms with van der Waals surface area (Å²) >= 11 is 1.76. The van der Waals surface area contributed by atoms with Gasteiger partial charge in [0.25, 0.3) is 5.91 Å². The van der Waals surface area contributed by atoms with E-state index < -0.39 is 12.7 Å². The van der Waals surface area contributed by atoms with Gasteiger partial charge in [0, 0.05) is 36.6 Å². The van der Waals surface area contributed by atoms with Crippen LogP contribution in [0.15, 0.2) is 48.5 Å². The van der Waals surface area contributed by atoms with Crippen LogP contribution in [0.1, 0.15) is 35.7 Å². The highest BCUT2D eigenvalue weighted by molar-refractivity contribution is 7.99. The average molecular weight is 543 g/mol. The SMILES string of the molecule is CCCc1nn(CC(F)(F)F)c(OCC(=O)N2CCSCC2)c1Cc1ccc(-c2ccccc2C#N)cc1. The number of aromatic nitrogens is 2. The Morgan fingerprint density at radius 3 is 2.50 bits per heavy atom. The summed E-state index contributed by atoms with van der Waals surface area (Å²) < 4.78 is 46.9. The second kappa shape index (κ2) is 12.4. The zero-order chi connectivity index (χ0) is 27.1. The molecule has 0 aliphatic carbocycles. The van der Waals surface area contributed by atoms with E-state index in [1.807, 2.05) is 43.3 Å². The second-order valence-corrected chi connectivity index (χ2v) is 10.3. The van der Waals surface area contributed by atoms with Gasteiger partial charge in [0.05, 0.1) is 17.3 Å². The molecule has 0 saturated carbocycles. The molecule has 6 nitrogen and oxygen atoms in total. The van der Waals surface area contributed by atoms with Crippen LogP contribution in [0.4, 0.5) is 13.2 Å². The first kappa shape index (κ1) is 27.6. The normalized spacial score (nSPS) is 13.8. The van der Waals surface area contributed by atoms with E-state index in [0.717, 1.165) is 32.9 Å². The van der Waals surface area contributed by atoms with Gasteiger partial charge in [-0.25, -0.2) is 4.68 Å². The summed E-state index contributed by atoms with van der Waals surface area (Å²) in [4.78, 5) is 14.4. The summed E-state index contributed by atoms with van der Waals surface area (Å²) in [5.41, 5.74) is 4.19. The molecule has 3 aromatic rings. The lowest BCUT2D eigenvalue weighted by Crippen LogP contribution is -2.40. The van der Waals surface area contributed by atoms with Gasteiger partial charge in [-0.3, -0.25) is 4.79 Å². The smallest absolute Gasteiger partial charge is 0.408 e. The van der Waals surface area contributed by atoms with Crippen molar-refractivity contribution in [1.29, 1.82) is 5.26 Å². The van der Waals surface area contributed by atoms with E-state index in [0.29, 0.717) is 49.2 Å². The van der Waals surface area contributed by atoms with Crippen LogP contribution in [0.2, 0.25) is 0 Å². The van der Waals surface area contributed by atoms with Gasteiger partial charge in [0.15, 0.2) is 6.61 Å². The van der Waals surface area contributed by atoms with Gasteiger partial charge in [-0.2, -0.15) is 35.3 Å². The van der Waals surface area contributed by atoms with Crippen LogP contribution < -0.4 is 4.74 Å². The molecular weight excluding hydrogens is 513 g/mol. The predicted octanol–water partition coefficient (Wildman–Crippen LogP) is 5.48. The minimum absolute atomic E-state index is 0.00980. The number of benzene rings is 2. The van der Waals surface area contributed by atoms with E-state index in [1.165, 1.54) is 0 Å². The van der Waals surface area contributed by atoms with Crippen molar-refractivity contribution in [2.75, 3.05) is 31.2 Å². The van der Waals surface area contributed by atoms with Crippen molar-refractivity contribution in [3.63, 3.8) is 0 Å². The third kappa shape index (κ3) is 6.90. The largest absolute Gasteiger partial charge is 0.468 e. The lowest BCUT2D eigenvalue weighted by Gasteiger charge is -2.26. The van der Waals surface area contributed by atoms with Gasteiger partial charge in [0.2, 0.25) is 5.88 Å². The van der Waals surface area contributed by atoms with Gasteiger partial charge in [-0.05, 0) is 29.2 Å². The minimum atomic E-state index is -4.49. The van der Waals surface area contributed by atoms with Crippen molar-refractivity contribution in [2.45, 2.75) is 38.9 Å². The molecule has 0 radical (unpaired) electrons. The molecule has 2 heterocycles. The number of aryl methyl sites for hydroxylation is 1. The third-order valence-corrected chi connectivity index (χ3v) is 7.23. The maximum absolute atomic E-state index is 13.4. The summed E-state index contributed by atoms with van der Waals surface area (Å²) in [6.07, 6.45) is -3.00. The third-order valence-electron chi connectivity index (χ3n) is 6.29. The number of rotatable bonds is 9. The van der Waals surface area contributed by atoms with E-state index >= 15 is 0 Å². The molecule has 0 unspecified atom stereocenters. The van der Waals surface area contributed by atoms with Crippen molar-refractivity contribution in [2.24, 2.45) is 0 Å². The summed E-state index contributed by atoms with van der Waals surface area (Å²) in [5.74, 6) is 1.41. The van der Waals surface area contributed by atoms with E-state index in [2.05, 4.69) is 11.2 Å². The molecule has 2 aromatic carbocycles. The zero-order valence-corrected chi connectivity index (χ0v) is 21.9. The summed E-state index contributed by atoms with van der Waals surface area (Å²) in [7, 11) is 0. The van der Waals surface area contributed by atoms with E-state index in [1.54, 1.807) is 28.8 Å². The monoisotopic (exact) mass is 542 g/mol. The number of alkyl halides is 3. The van der Waals surface area contributed by atoms with Crippen LogP contribution in [-0.4, -0.2) is 58.0 Å². The Hall–Kier alpha value is -3.45. The van der Waals surface area contributed by atoms with Crippen LogP contribution in [0.5, 0.6) is 5.88 Å². The zero-order valence-electron chi connectivity index (χ0n) is 21.1. The highest BCUT2D eigenvalue weighted by Crippen LogP contribution is 2.31. The fourth-order valence-corrected chi connectivity index (χ4v) is 5.36. The Morgan fingerprint density at radius 1 is 1.13 bits per heavy atom. The van der Waals surface area contributed by atoms with Crippen LogP contribution in [-0.2, 0) is 24.2 Å². The van der Waals surface area contributed by atoms with Crippen LogP contribution in [0.25, 0.3) is 11.1 Å². The molecule has 1 aromatic heterocycles. The molecule has 200 valence electrons. The molecule has 4 rings (SSSR count). The van der Waals surface area contributed by atoms with Crippen molar-refractivity contribution in [1.82, 2.24) is 14.7 Å². The fourth-order valence-electron chi connectivity index (χ4n) is 4.46. The van der Waals surface area contributed by atoms with E-state index in [-0.39, 0.29) is 18.4 Å². The number of nitriles is 1. The van der Waals surface area contributed by atoms with Gasteiger partial charge in [-0.1, -0.05) is 55.8 Å². The maximum Gasteiger partial charge on any atom is 0.408 e. The molecule has 1 aliphatic rings. The summed E-state index contributed by atoms with van der Waals surface area (Å²) in [5, 5.41) is 13.7. The standard InChI is InChI=1S/C28H29F3N4O2S/c1-2-5-25-24(16-20-8-10-21(11-9-20)23-7-4-3-6-22(23)17-32)27(35(33-25)19-28(29,30)31)37-18-26(36)34-12-14-38-15-13-34/h3-4,6-11H,2,5,12-16,18-19H2,1H3. The number of thioether (sulfide) groups is 1. The van der Waals surface area contributed by atoms with Gasteiger partial charge in [0.1, 0.15) is 6.54 Å². The number of nitrogens with zero attached hydrogens (tertiary/aromatic N) is 4.